The molecule has 4 heteroatoms. The zero-order valence-corrected chi connectivity index (χ0v) is 13.4. The lowest BCUT2D eigenvalue weighted by molar-refractivity contribution is 0.669. The molecule has 0 spiro atoms. The highest BCUT2D eigenvalue weighted by Crippen LogP contribution is 2.35. The number of hydrogen-bond donors (Lipinski definition) is 0. The second kappa shape index (κ2) is 4.68. The molecular formula is C20H15N3O. The van der Waals surface area contributed by atoms with E-state index in [0.29, 0.717) is 0 Å². The van der Waals surface area contributed by atoms with Crippen LogP contribution in [-0.2, 0) is 7.05 Å². The average Bonchev–Trinajstić information content (AvgIpc) is 3.12. The lowest BCUT2D eigenvalue weighted by atomic mass is 10.1. The smallest absolute Gasteiger partial charge is 0.178 e. The topological polar surface area (TPSA) is 43.9 Å². The number of aryl methyl sites for hydroxylation is 2. The van der Waals surface area contributed by atoms with Gasteiger partial charge in [0.25, 0.3) is 0 Å². The maximum Gasteiger partial charge on any atom is 0.178 e. The van der Waals surface area contributed by atoms with Crippen LogP contribution < -0.4 is 0 Å². The zero-order chi connectivity index (χ0) is 16.3. The van der Waals surface area contributed by atoms with Crippen LogP contribution in [0.1, 0.15) is 5.69 Å². The molecule has 116 valence electrons. The zero-order valence-electron chi connectivity index (χ0n) is 13.4. The maximum atomic E-state index is 6.14. The van der Waals surface area contributed by atoms with Crippen LogP contribution in [0.15, 0.2) is 59.0 Å². The van der Waals surface area contributed by atoms with E-state index in [-0.39, 0.29) is 0 Å². The van der Waals surface area contributed by atoms with Gasteiger partial charge in [-0.05, 0) is 31.2 Å². The summed E-state index contributed by atoms with van der Waals surface area (Å²) in [6.45, 7) is 1.98. The van der Waals surface area contributed by atoms with E-state index in [2.05, 4.69) is 39.9 Å². The fourth-order valence-corrected chi connectivity index (χ4v) is 3.33. The Kier molecular flexibility index (Phi) is 2.59. The molecule has 0 N–H and O–H groups in total. The maximum absolute atomic E-state index is 6.14. The van der Waals surface area contributed by atoms with Crippen molar-refractivity contribution in [3.63, 3.8) is 0 Å². The molecule has 0 aliphatic carbocycles. The summed E-state index contributed by atoms with van der Waals surface area (Å²) in [6, 6.07) is 18.4. The molecule has 2 aromatic carbocycles. The third-order valence-corrected chi connectivity index (χ3v) is 4.53. The monoisotopic (exact) mass is 313 g/mol. The van der Waals surface area contributed by atoms with Crippen molar-refractivity contribution in [2.75, 3.05) is 0 Å². The Bertz CT molecular complexity index is 1230. The first-order chi connectivity index (χ1) is 11.7. The highest BCUT2D eigenvalue weighted by atomic mass is 16.3. The standard InChI is InChI=1S/C20H15N3O/c1-12-10-11-16-19(21-12)22-20(23(16)2)15-8-5-7-14-13-6-3-4-9-17(13)24-18(14)15/h3-11H,1-2H3. The lowest BCUT2D eigenvalue weighted by Gasteiger charge is -2.03. The first-order valence-electron chi connectivity index (χ1n) is 7.93. The minimum absolute atomic E-state index is 0.764. The first-order valence-corrected chi connectivity index (χ1v) is 7.93. The highest BCUT2D eigenvalue weighted by molar-refractivity contribution is 6.09. The molecule has 0 amide bonds. The van der Waals surface area contributed by atoms with Gasteiger partial charge in [-0.1, -0.05) is 30.3 Å². The number of benzene rings is 2. The molecular weight excluding hydrogens is 298 g/mol. The summed E-state index contributed by atoms with van der Waals surface area (Å²) in [4.78, 5) is 9.30. The number of aromatic nitrogens is 3. The van der Waals surface area contributed by atoms with Gasteiger partial charge in [0.05, 0.1) is 11.1 Å². The van der Waals surface area contributed by atoms with Crippen molar-refractivity contribution >= 4 is 33.1 Å². The third-order valence-electron chi connectivity index (χ3n) is 4.53. The van der Waals surface area contributed by atoms with Crippen molar-refractivity contribution < 1.29 is 4.42 Å². The van der Waals surface area contributed by atoms with Gasteiger partial charge in [0, 0.05) is 23.5 Å². The van der Waals surface area contributed by atoms with Crippen molar-refractivity contribution in [3.05, 3.63) is 60.3 Å². The molecule has 3 aromatic heterocycles. The minimum Gasteiger partial charge on any atom is -0.455 e. The summed E-state index contributed by atoms with van der Waals surface area (Å²) in [5.41, 5.74) is 5.50. The van der Waals surface area contributed by atoms with Gasteiger partial charge in [-0.15, -0.1) is 0 Å². The van der Waals surface area contributed by atoms with Crippen LogP contribution in [0.5, 0.6) is 0 Å². The van der Waals surface area contributed by atoms with Crippen molar-refractivity contribution in [1.29, 1.82) is 0 Å². The van der Waals surface area contributed by atoms with E-state index < -0.39 is 0 Å². The van der Waals surface area contributed by atoms with E-state index in [1.54, 1.807) is 0 Å². The molecule has 0 fully saturated rings. The Balaban J connectivity index is 1.88. The van der Waals surface area contributed by atoms with E-state index >= 15 is 0 Å². The second-order valence-corrected chi connectivity index (χ2v) is 6.07. The van der Waals surface area contributed by atoms with Gasteiger partial charge < -0.3 is 8.98 Å². The molecule has 0 atom stereocenters. The second-order valence-electron chi connectivity index (χ2n) is 6.07. The molecule has 3 heterocycles. The average molecular weight is 313 g/mol. The van der Waals surface area contributed by atoms with E-state index in [1.807, 2.05) is 38.2 Å². The number of pyridine rings is 1. The fourth-order valence-electron chi connectivity index (χ4n) is 3.33. The predicted molar refractivity (Wildman–Crippen MR) is 96.0 cm³/mol. The van der Waals surface area contributed by atoms with Crippen LogP contribution in [-0.4, -0.2) is 14.5 Å². The fraction of sp³-hybridized carbons (Fsp3) is 0.100. The van der Waals surface area contributed by atoms with Gasteiger partial charge in [-0.3, -0.25) is 0 Å². The number of rotatable bonds is 1. The largest absolute Gasteiger partial charge is 0.455 e. The molecule has 0 aliphatic heterocycles. The van der Waals surface area contributed by atoms with E-state index in [4.69, 9.17) is 9.40 Å². The minimum atomic E-state index is 0.764. The van der Waals surface area contributed by atoms with Gasteiger partial charge in [-0.2, -0.15) is 0 Å². The quantitative estimate of drug-likeness (QED) is 0.444. The first kappa shape index (κ1) is 13.3. The van der Waals surface area contributed by atoms with Crippen LogP contribution in [0.4, 0.5) is 0 Å². The van der Waals surface area contributed by atoms with Gasteiger partial charge in [0.15, 0.2) is 5.65 Å². The van der Waals surface area contributed by atoms with Gasteiger partial charge in [0.1, 0.15) is 17.0 Å². The summed E-state index contributed by atoms with van der Waals surface area (Å²) < 4.78 is 8.21. The van der Waals surface area contributed by atoms with Crippen molar-refractivity contribution in [1.82, 2.24) is 14.5 Å². The Morgan fingerprint density at radius 1 is 0.875 bits per heavy atom. The molecule has 24 heavy (non-hydrogen) atoms. The van der Waals surface area contributed by atoms with Crippen molar-refractivity contribution in [3.8, 4) is 11.4 Å². The van der Waals surface area contributed by atoms with Gasteiger partial charge >= 0.3 is 0 Å². The van der Waals surface area contributed by atoms with Crippen LogP contribution in [0.25, 0.3) is 44.5 Å². The summed E-state index contributed by atoms with van der Waals surface area (Å²) >= 11 is 0. The number of hydrogen-bond acceptors (Lipinski definition) is 3. The Morgan fingerprint density at radius 3 is 2.62 bits per heavy atom. The van der Waals surface area contributed by atoms with Crippen molar-refractivity contribution in [2.24, 2.45) is 7.05 Å². The molecule has 0 radical (unpaired) electrons. The van der Waals surface area contributed by atoms with Crippen LogP contribution in [0, 0.1) is 6.92 Å². The predicted octanol–water partition coefficient (Wildman–Crippen LogP) is 4.84. The van der Waals surface area contributed by atoms with Crippen LogP contribution in [0.2, 0.25) is 0 Å². The third kappa shape index (κ3) is 1.74. The molecule has 0 aliphatic rings. The highest BCUT2D eigenvalue weighted by Gasteiger charge is 2.17. The number of fused-ring (bicyclic) bond motifs is 4. The van der Waals surface area contributed by atoms with E-state index in [1.165, 1.54) is 0 Å². The summed E-state index contributed by atoms with van der Waals surface area (Å²) in [6.07, 6.45) is 0. The Hall–Kier alpha value is -3.14. The molecule has 0 bridgehead atoms. The molecule has 0 unspecified atom stereocenters. The van der Waals surface area contributed by atoms with Crippen LogP contribution in [0.3, 0.4) is 0 Å². The molecule has 0 saturated heterocycles. The lowest BCUT2D eigenvalue weighted by Crippen LogP contribution is -1.92. The summed E-state index contributed by atoms with van der Waals surface area (Å²) in [5.74, 6) is 0.868. The van der Waals surface area contributed by atoms with Gasteiger partial charge in [-0.25, -0.2) is 9.97 Å². The number of imidazole rings is 1. The van der Waals surface area contributed by atoms with Gasteiger partial charge in [0.2, 0.25) is 0 Å². The molecule has 0 saturated carbocycles. The van der Waals surface area contributed by atoms with E-state index in [0.717, 1.165) is 50.2 Å². The van der Waals surface area contributed by atoms with E-state index in [9.17, 15) is 0 Å². The normalized spacial score (nSPS) is 11.8. The molecule has 4 nitrogen and oxygen atoms in total. The molecule has 5 aromatic rings. The number of nitrogens with zero attached hydrogens (tertiary/aromatic N) is 3. The van der Waals surface area contributed by atoms with Crippen molar-refractivity contribution in [2.45, 2.75) is 6.92 Å². The SMILES string of the molecule is Cc1ccc2c(n1)nc(-c1cccc3c1oc1ccccc13)n2C. The van der Waals surface area contributed by atoms with Crippen LogP contribution >= 0.6 is 0 Å². The number of para-hydroxylation sites is 2. The Labute approximate surface area is 138 Å². The molecule has 5 rings (SSSR count). The summed E-state index contributed by atoms with van der Waals surface area (Å²) in [5, 5.41) is 2.24. The number of furan rings is 1. The summed E-state index contributed by atoms with van der Waals surface area (Å²) in [7, 11) is 2.02. The Morgan fingerprint density at radius 2 is 1.71 bits per heavy atom.